The summed E-state index contributed by atoms with van der Waals surface area (Å²) in [7, 11) is 2.20. The SMILES string of the molecule is Cc1ccnn1-c1ccc(C(=O)Nc2ccccc2CN(C)C2CCCCC2)cc1. The Morgan fingerprint density at radius 2 is 1.80 bits per heavy atom. The van der Waals surface area contributed by atoms with Gasteiger partial charge in [0.05, 0.1) is 5.69 Å². The molecular weight excluding hydrogens is 372 g/mol. The summed E-state index contributed by atoms with van der Waals surface area (Å²) in [6, 6.07) is 18.3. The molecule has 4 rings (SSSR count). The molecule has 5 nitrogen and oxygen atoms in total. The van der Waals surface area contributed by atoms with Crippen molar-refractivity contribution >= 4 is 11.6 Å². The fraction of sp³-hybridized carbons (Fsp3) is 0.360. The molecule has 0 aliphatic heterocycles. The summed E-state index contributed by atoms with van der Waals surface area (Å²) in [5.74, 6) is -0.0912. The number of nitrogens with zero attached hydrogens (tertiary/aromatic N) is 3. The zero-order chi connectivity index (χ0) is 20.9. The van der Waals surface area contributed by atoms with E-state index in [0.717, 1.165) is 29.2 Å². The Bertz CT molecular complexity index is 986. The number of carbonyl (C=O) groups is 1. The highest BCUT2D eigenvalue weighted by atomic mass is 16.1. The van der Waals surface area contributed by atoms with Crippen molar-refractivity contribution < 1.29 is 4.79 Å². The Balaban J connectivity index is 1.45. The number of aromatic nitrogens is 2. The van der Waals surface area contributed by atoms with E-state index >= 15 is 0 Å². The highest BCUT2D eigenvalue weighted by molar-refractivity contribution is 6.04. The molecule has 156 valence electrons. The average Bonchev–Trinajstić information content (AvgIpc) is 3.21. The highest BCUT2D eigenvalue weighted by Crippen LogP contribution is 2.25. The number of hydrogen-bond donors (Lipinski definition) is 1. The Kier molecular flexibility index (Phi) is 6.29. The smallest absolute Gasteiger partial charge is 0.255 e. The van der Waals surface area contributed by atoms with Gasteiger partial charge in [0.1, 0.15) is 0 Å². The Morgan fingerprint density at radius 3 is 2.50 bits per heavy atom. The topological polar surface area (TPSA) is 50.2 Å². The largest absolute Gasteiger partial charge is 0.322 e. The molecule has 0 spiro atoms. The maximum atomic E-state index is 12.9. The van der Waals surface area contributed by atoms with Gasteiger partial charge in [-0.3, -0.25) is 9.69 Å². The molecule has 1 aliphatic rings. The molecule has 30 heavy (non-hydrogen) atoms. The monoisotopic (exact) mass is 402 g/mol. The lowest BCUT2D eigenvalue weighted by Crippen LogP contribution is -2.33. The van der Waals surface area contributed by atoms with Crippen molar-refractivity contribution in [3.05, 3.63) is 77.6 Å². The van der Waals surface area contributed by atoms with Crippen molar-refractivity contribution in [2.24, 2.45) is 0 Å². The van der Waals surface area contributed by atoms with Crippen LogP contribution >= 0.6 is 0 Å². The third-order valence-electron chi connectivity index (χ3n) is 6.09. The van der Waals surface area contributed by atoms with Gasteiger partial charge in [-0.1, -0.05) is 37.5 Å². The van der Waals surface area contributed by atoms with Crippen LogP contribution in [0.1, 0.15) is 53.7 Å². The summed E-state index contributed by atoms with van der Waals surface area (Å²) in [6.45, 7) is 2.85. The maximum absolute atomic E-state index is 12.9. The van der Waals surface area contributed by atoms with Crippen LogP contribution in [-0.4, -0.2) is 33.7 Å². The lowest BCUT2D eigenvalue weighted by Gasteiger charge is -2.31. The van der Waals surface area contributed by atoms with Gasteiger partial charge in [-0.25, -0.2) is 4.68 Å². The fourth-order valence-electron chi connectivity index (χ4n) is 4.29. The molecular formula is C25H30N4O. The number of para-hydroxylation sites is 1. The lowest BCUT2D eigenvalue weighted by atomic mass is 9.94. The Labute approximate surface area is 178 Å². The van der Waals surface area contributed by atoms with E-state index in [1.807, 2.05) is 60.1 Å². The van der Waals surface area contributed by atoms with Crippen molar-refractivity contribution in [3.63, 3.8) is 0 Å². The second kappa shape index (κ2) is 9.26. The number of nitrogens with one attached hydrogen (secondary N) is 1. The van der Waals surface area contributed by atoms with Gasteiger partial charge in [-0.15, -0.1) is 0 Å². The van der Waals surface area contributed by atoms with Crippen LogP contribution < -0.4 is 5.32 Å². The Morgan fingerprint density at radius 1 is 1.07 bits per heavy atom. The van der Waals surface area contributed by atoms with Gasteiger partial charge < -0.3 is 5.32 Å². The maximum Gasteiger partial charge on any atom is 0.255 e. The van der Waals surface area contributed by atoms with Crippen LogP contribution in [0.4, 0.5) is 5.69 Å². The molecule has 0 radical (unpaired) electrons. The van der Waals surface area contributed by atoms with Crippen LogP contribution in [-0.2, 0) is 6.54 Å². The minimum Gasteiger partial charge on any atom is -0.322 e. The molecule has 5 heteroatoms. The number of rotatable bonds is 6. The van der Waals surface area contributed by atoms with E-state index < -0.39 is 0 Å². The van der Waals surface area contributed by atoms with Gasteiger partial charge in [-0.2, -0.15) is 5.10 Å². The lowest BCUT2D eigenvalue weighted by molar-refractivity contribution is 0.102. The quantitative estimate of drug-likeness (QED) is 0.617. The van der Waals surface area contributed by atoms with Gasteiger partial charge in [0.25, 0.3) is 5.91 Å². The van der Waals surface area contributed by atoms with E-state index in [4.69, 9.17) is 0 Å². The molecule has 3 aromatic rings. The van der Waals surface area contributed by atoms with E-state index in [-0.39, 0.29) is 5.91 Å². The predicted molar refractivity (Wildman–Crippen MR) is 121 cm³/mol. The van der Waals surface area contributed by atoms with Crippen molar-refractivity contribution in [1.29, 1.82) is 0 Å². The van der Waals surface area contributed by atoms with Gasteiger partial charge >= 0.3 is 0 Å². The summed E-state index contributed by atoms with van der Waals surface area (Å²) >= 11 is 0. The van der Waals surface area contributed by atoms with Gasteiger partial charge in [0, 0.05) is 35.7 Å². The van der Waals surface area contributed by atoms with Crippen molar-refractivity contribution in [1.82, 2.24) is 14.7 Å². The van der Waals surface area contributed by atoms with E-state index in [0.29, 0.717) is 11.6 Å². The number of carbonyl (C=O) groups excluding carboxylic acids is 1. The fourth-order valence-corrected chi connectivity index (χ4v) is 4.29. The first-order chi connectivity index (χ1) is 14.6. The molecule has 2 aromatic carbocycles. The van der Waals surface area contributed by atoms with Crippen molar-refractivity contribution in [3.8, 4) is 5.69 Å². The summed E-state index contributed by atoms with van der Waals surface area (Å²) in [6.07, 6.45) is 8.32. The molecule has 1 aromatic heterocycles. The summed E-state index contributed by atoms with van der Waals surface area (Å²) in [4.78, 5) is 15.3. The van der Waals surface area contributed by atoms with Crippen LogP contribution in [0.25, 0.3) is 5.69 Å². The molecule has 0 bridgehead atoms. The van der Waals surface area contributed by atoms with Crippen LogP contribution in [0.2, 0.25) is 0 Å². The van der Waals surface area contributed by atoms with E-state index in [9.17, 15) is 4.79 Å². The second-order valence-corrected chi connectivity index (χ2v) is 8.25. The predicted octanol–water partition coefficient (Wildman–Crippen LogP) is 5.20. The van der Waals surface area contributed by atoms with Crippen molar-refractivity contribution in [2.75, 3.05) is 12.4 Å². The number of benzene rings is 2. The van der Waals surface area contributed by atoms with Crippen LogP contribution in [0, 0.1) is 6.92 Å². The van der Waals surface area contributed by atoms with Crippen LogP contribution in [0.3, 0.4) is 0 Å². The zero-order valence-electron chi connectivity index (χ0n) is 17.8. The molecule has 1 amide bonds. The first-order valence-electron chi connectivity index (χ1n) is 10.8. The number of hydrogen-bond acceptors (Lipinski definition) is 3. The third-order valence-corrected chi connectivity index (χ3v) is 6.09. The molecule has 0 saturated heterocycles. The second-order valence-electron chi connectivity index (χ2n) is 8.25. The van der Waals surface area contributed by atoms with Gasteiger partial charge in [0.2, 0.25) is 0 Å². The molecule has 1 aliphatic carbocycles. The van der Waals surface area contributed by atoms with E-state index in [2.05, 4.69) is 28.4 Å². The minimum absolute atomic E-state index is 0.0912. The van der Waals surface area contributed by atoms with E-state index in [1.165, 1.54) is 32.1 Å². The molecule has 1 N–H and O–H groups in total. The first kappa shape index (κ1) is 20.4. The number of anilines is 1. The number of aryl methyl sites for hydroxylation is 1. The average molecular weight is 403 g/mol. The summed E-state index contributed by atoms with van der Waals surface area (Å²) < 4.78 is 1.86. The normalized spacial score (nSPS) is 14.8. The minimum atomic E-state index is -0.0912. The van der Waals surface area contributed by atoms with Gasteiger partial charge in [0.15, 0.2) is 0 Å². The molecule has 0 atom stereocenters. The first-order valence-corrected chi connectivity index (χ1v) is 10.8. The zero-order valence-corrected chi connectivity index (χ0v) is 17.8. The van der Waals surface area contributed by atoms with E-state index in [1.54, 1.807) is 6.20 Å². The van der Waals surface area contributed by atoms with Crippen LogP contribution in [0.5, 0.6) is 0 Å². The Hall–Kier alpha value is -2.92. The molecule has 1 saturated carbocycles. The van der Waals surface area contributed by atoms with Gasteiger partial charge in [-0.05, 0) is 68.8 Å². The van der Waals surface area contributed by atoms with Crippen molar-refractivity contribution in [2.45, 2.75) is 51.6 Å². The molecule has 1 heterocycles. The highest BCUT2D eigenvalue weighted by Gasteiger charge is 2.19. The molecule has 0 unspecified atom stereocenters. The standard InChI is InChI=1S/C25H30N4O/c1-19-16-17-26-29(19)23-14-12-20(13-15-23)25(30)27-24-11-7-6-8-21(24)18-28(2)22-9-4-3-5-10-22/h6-8,11-17,22H,3-5,9-10,18H2,1-2H3,(H,27,30). The summed E-state index contributed by atoms with van der Waals surface area (Å²) in [5, 5.41) is 7.43. The molecule has 1 fully saturated rings. The number of amides is 1. The van der Waals surface area contributed by atoms with Crippen LogP contribution in [0.15, 0.2) is 60.8 Å². The third kappa shape index (κ3) is 4.62. The summed E-state index contributed by atoms with van der Waals surface area (Å²) in [5.41, 5.74) is 4.69.